The van der Waals surface area contributed by atoms with Crippen molar-refractivity contribution >= 4 is 40.7 Å². The predicted molar refractivity (Wildman–Crippen MR) is 124 cm³/mol. The molecular weight excluding hydrogens is 463 g/mol. The number of piperazine rings is 1. The monoisotopic (exact) mass is 484 g/mol. The second-order valence-corrected chi connectivity index (χ2v) is 8.73. The first-order chi connectivity index (χ1) is 15.8. The summed E-state index contributed by atoms with van der Waals surface area (Å²) in [7, 11) is 0. The Balaban J connectivity index is 1.38. The molecule has 0 atom stereocenters. The minimum absolute atomic E-state index is 0.0277. The van der Waals surface area contributed by atoms with Crippen LogP contribution in [-0.2, 0) is 11.2 Å². The van der Waals surface area contributed by atoms with E-state index in [9.17, 15) is 14.9 Å². The first-order valence-electron chi connectivity index (χ1n) is 10.6. The summed E-state index contributed by atoms with van der Waals surface area (Å²) in [6.45, 7) is 5.59. The summed E-state index contributed by atoms with van der Waals surface area (Å²) in [6, 6.07) is 7.09. The molecular formula is C23H22Cl2N6O2. The van der Waals surface area contributed by atoms with Gasteiger partial charge in [-0.3, -0.25) is 9.59 Å². The van der Waals surface area contributed by atoms with Gasteiger partial charge in [0.05, 0.1) is 21.8 Å². The molecule has 2 aromatic heterocycles. The van der Waals surface area contributed by atoms with Crippen LogP contribution in [0.4, 0.5) is 0 Å². The number of aryl methyl sites for hydroxylation is 2. The van der Waals surface area contributed by atoms with E-state index >= 15 is 0 Å². The topological polar surface area (TPSA) is 94.6 Å². The SMILES string of the molecule is Cc1nc2c(C#N)cnn2c(C)c1CCC(=O)N1CCN(C(=O)c2cccc(Cl)c2Cl)CC1. The molecule has 33 heavy (non-hydrogen) atoms. The fraction of sp³-hybridized carbons (Fsp3) is 0.348. The van der Waals surface area contributed by atoms with Gasteiger partial charge in [0, 0.05) is 44.0 Å². The maximum absolute atomic E-state index is 12.9. The average Bonchev–Trinajstić information content (AvgIpc) is 3.23. The molecule has 0 aliphatic carbocycles. The van der Waals surface area contributed by atoms with E-state index in [4.69, 9.17) is 23.2 Å². The van der Waals surface area contributed by atoms with Gasteiger partial charge in [0.2, 0.25) is 5.91 Å². The molecule has 1 aromatic carbocycles. The standard InChI is InChI=1S/C23H22Cl2N6O2/c1-14-17(15(2)31-22(28-14)16(12-26)13-27-31)6-7-20(32)29-8-10-30(11-9-29)23(33)18-4-3-5-19(24)21(18)25/h3-5,13H,6-11H2,1-2H3. The minimum atomic E-state index is -0.184. The maximum Gasteiger partial charge on any atom is 0.255 e. The summed E-state index contributed by atoms with van der Waals surface area (Å²) in [4.78, 5) is 33.7. The normalized spacial score (nSPS) is 13.9. The fourth-order valence-electron chi connectivity index (χ4n) is 4.14. The number of fused-ring (bicyclic) bond motifs is 1. The Bertz CT molecular complexity index is 1290. The third-order valence-electron chi connectivity index (χ3n) is 6.02. The summed E-state index contributed by atoms with van der Waals surface area (Å²) in [5.74, 6) is -0.156. The number of benzene rings is 1. The second kappa shape index (κ2) is 9.38. The van der Waals surface area contributed by atoms with Crippen molar-refractivity contribution in [2.24, 2.45) is 0 Å². The number of carbonyl (C=O) groups excluding carboxylic acids is 2. The lowest BCUT2D eigenvalue weighted by molar-refractivity contribution is -0.132. The van der Waals surface area contributed by atoms with Crippen LogP contribution in [0.5, 0.6) is 0 Å². The van der Waals surface area contributed by atoms with Gasteiger partial charge < -0.3 is 9.80 Å². The highest BCUT2D eigenvalue weighted by Gasteiger charge is 2.26. The van der Waals surface area contributed by atoms with Crippen molar-refractivity contribution in [3.8, 4) is 6.07 Å². The molecule has 0 spiro atoms. The molecule has 8 nitrogen and oxygen atoms in total. The van der Waals surface area contributed by atoms with Gasteiger partial charge in [0.15, 0.2) is 5.65 Å². The third kappa shape index (κ3) is 4.39. The largest absolute Gasteiger partial charge is 0.339 e. The molecule has 3 aromatic rings. The lowest BCUT2D eigenvalue weighted by Crippen LogP contribution is -2.50. The van der Waals surface area contributed by atoms with E-state index in [0.717, 1.165) is 17.0 Å². The maximum atomic E-state index is 12.9. The van der Waals surface area contributed by atoms with E-state index in [1.165, 1.54) is 6.20 Å². The van der Waals surface area contributed by atoms with Crippen molar-refractivity contribution in [1.29, 1.82) is 5.26 Å². The molecule has 0 saturated carbocycles. The first kappa shape index (κ1) is 23.0. The van der Waals surface area contributed by atoms with Crippen LogP contribution in [0.2, 0.25) is 10.0 Å². The van der Waals surface area contributed by atoms with Crippen molar-refractivity contribution in [2.45, 2.75) is 26.7 Å². The summed E-state index contributed by atoms with van der Waals surface area (Å²) in [6.07, 6.45) is 2.36. The Kier molecular flexibility index (Phi) is 6.54. The Hall–Kier alpha value is -3.15. The first-order valence-corrected chi connectivity index (χ1v) is 11.3. The van der Waals surface area contributed by atoms with Crippen LogP contribution in [-0.4, -0.2) is 62.4 Å². The number of amides is 2. The zero-order valence-electron chi connectivity index (χ0n) is 18.3. The van der Waals surface area contributed by atoms with Crippen molar-refractivity contribution in [3.63, 3.8) is 0 Å². The molecule has 10 heteroatoms. The Morgan fingerprint density at radius 2 is 1.82 bits per heavy atom. The number of rotatable bonds is 4. The van der Waals surface area contributed by atoms with Crippen molar-refractivity contribution in [2.75, 3.05) is 26.2 Å². The summed E-state index contributed by atoms with van der Waals surface area (Å²) >= 11 is 12.2. The lowest BCUT2D eigenvalue weighted by atomic mass is 10.1. The van der Waals surface area contributed by atoms with E-state index < -0.39 is 0 Å². The molecule has 0 unspecified atom stereocenters. The average molecular weight is 485 g/mol. The van der Waals surface area contributed by atoms with Gasteiger partial charge in [-0.15, -0.1) is 0 Å². The van der Waals surface area contributed by atoms with Crippen molar-refractivity contribution in [1.82, 2.24) is 24.4 Å². The third-order valence-corrected chi connectivity index (χ3v) is 6.84. The molecule has 1 aliphatic rings. The summed E-state index contributed by atoms with van der Waals surface area (Å²) in [5.41, 5.74) is 3.95. The molecule has 0 N–H and O–H groups in total. The lowest BCUT2D eigenvalue weighted by Gasteiger charge is -2.35. The fourth-order valence-corrected chi connectivity index (χ4v) is 4.52. The van der Waals surface area contributed by atoms with Crippen molar-refractivity contribution in [3.05, 3.63) is 62.5 Å². The van der Waals surface area contributed by atoms with E-state index in [-0.39, 0.29) is 16.8 Å². The predicted octanol–water partition coefficient (Wildman–Crippen LogP) is 3.44. The van der Waals surface area contributed by atoms with Gasteiger partial charge in [-0.25, -0.2) is 9.50 Å². The molecule has 3 heterocycles. The van der Waals surface area contributed by atoms with Crippen LogP contribution in [0, 0.1) is 25.2 Å². The molecule has 1 fully saturated rings. The zero-order chi connectivity index (χ0) is 23.7. The molecule has 0 bridgehead atoms. The number of hydrogen-bond acceptors (Lipinski definition) is 5. The Morgan fingerprint density at radius 1 is 1.12 bits per heavy atom. The van der Waals surface area contributed by atoms with E-state index in [1.54, 1.807) is 32.5 Å². The van der Waals surface area contributed by atoms with Crippen LogP contribution >= 0.6 is 23.2 Å². The highest BCUT2D eigenvalue weighted by atomic mass is 35.5. The molecule has 1 saturated heterocycles. The van der Waals surface area contributed by atoms with E-state index in [0.29, 0.717) is 60.8 Å². The van der Waals surface area contributed by atoms with Gasteiger partial charge >= 0.3 is 0 Å². The van der Waals surface area contributed by atoms with Crippen LogP contribution in [0.25, 0.3) is 5.65 Å². The smallest absolute Gasteiger partial charge is 0.255 e. The number of nitrogens with zero attached hydrogens (tertiary/aromatic N) is 6. The molecule has 1 aliphatic heterocycles. The summed E-state index contributed by atoms with van der Waals surface area (Å²) in [5, 5.41) is 14.0. The number of hydrogen-bond donors (Lipinski definition) is 0. The van der Waals surface area contributed by atoms with Gasteiger partial charge in [-0.05, 0) is 38.0 Å². The molecule has 0 radical (unpaired) electrons. The Labute approximate surface area is 201 Å². The van der Waals surface area contributed by atoms with Crippen LogP contribution in [0.3, 0.4) is 0 Å². The minimum Gasteiger partial charge on any atom is -0.339 e. The van der Waals surface area contributed by atoms with Gasteiger partial charge in [0.25, 0.3) is 5.91 Å². The number of halogens is 2. The second-order valence-electron chi connectivity index (χ2n) is 7.94. The van der Waals surface area contributed by atoms with Crippen molar-refractivity contribution < 1.29 is 9.59 Å². The van der Waals surface area contributed by atoms with Crippen LogP contribution < -0.4 is 0 Å². The molecule has 4 rings (SSSR count). The zero-order valence-corrected chi connectivity index (χ0v) is 19.8. The number of carbonyl (C=O) groups is 2. The van der Waals surface area contributed by atoms with Crippen LogP contribution in [0.1, 0.15) is 39.3 Å². The van der Waals surface area contributed by atoms with Gasteiger partial charge in [-0.1, -0.05) is 29.3 Å². The summed E-state index contributed by atoms with van der Waals surface area (Å²) < 4.78 is 1.65. The highest BCUT2D eigenvalue weighted by molar-refractivity contribution is 6.43. The van der Waals surface area contributed by atoms with Gasteiger partial charge in [-0.2, -0.15) is 10.4 Å². The Morgan fingerprint density at radius 3 is 2.52 bits per heavy atom. The number of aromatic nitrogens is 3. The van der Waals surface area contributed by atoms with E-state index in [1.807, 2.05) is 13.8 Å². The number of nitriles is 1. The van der Waals surface area contributed by atoms with E-state index in [2.05, 4.69) is 16.2 Å². The van der Waals surface area contributed by atoms with Gasteiger partial charge in [0.1, 0.15) is 11.6 Å². The highest BCUT2D eigenvalue weighted by Crippen LogP contribution is 2.27. The van der Waals surface area contributed by atoms with Crippen LogP contribution in [0.15, 0.2) is 24.4 Å². The molecule has 170 valence electrons. The molecule has 2 amide bonds. The quantitative estimate of drug-likeness (QED) is 0.565.